The fraction of sp³-hybridized carbons (Fsp3) is 0.368. The van der Waals surface area contributed by atoms with E-state index in [1.54, 1.807) is 36.6 Å². The predicted molar refractivity (Wildman–Crippen MR) is 113 cm³/mol. The van der Waals surface area contributed by atoms with Crippen molar-refractivity contribution in [3.8, 4) is 0 Å². The molecular weight excluding hydrogens is 432 g/mol. The molecule has 0 saturated carbocycles. The molecule has 30 heavy (non-hydrogen) atoms. The minimum Gasteiger partial charge on any atom is -0.383 e. The minimum atomic E-state index is -0.409. The van der Waals surface area contributed by atoms with Crippen molar-refractivity contribution in [3.63, 3.8) is 0 Å². The van der Waals surface area contributed by atoms with Crippen LogP contribution in [0.1, 0.15) is 23.0 Å². The third-order valence-corrected chi connectivity index (χ3v) is 4.81. The number of thiazole rings is 1. The van der Waals surface area contributed by atoms with Crippen LogP contribution in [0.25, 0.3) is 0 Å². The highest BCUT2D eigenvalue weighted by Gasteiger charge is 2.19. The number of carbonyl (C=O) groups is 3. The molecule has 2 N–H and O–H groups in total. The Kier molecular flexibility index (Phi) is 9.68. The average molecular weight is 455 g/mol. The SMILES string of the molecule is CCONC(=O)Cc1csc(NC(=O)CN(CCOC)C(=O)c2ccc(Cl)cc2)n1. The molecule has 0 spiro atoms. The van der Waals surface area contributed by atoms with Crippen LogP contribution in [0.15, 0.2) is 29.6 Å². The van der Waals surface area contributed by atoms with Gasteiger partial charge in [-0.25, -0.2) is 10.5 Å². The van der Waals surface area contributed by atoms with Gasteiger partial charge in [0.15, 0.2) is 5.13 Å². The summed E-state index contributed by atoms with van der Waals surface area (Å²) in [5.74, 6) is -1.06. The van der Waals surface area contributed by atoms with Gasteiger partial charge in [0.25, 0.3) is 5.91 Å². The van der Waals surface area contributed by atoms with Crippen molar-refractivity contribution < 1.29 is 24.0 Å². The van der Waals surface area contributed by atoms with E-state index < -0.39 is 5.91 Å². The van der Waals surface area contributed by atoms with Crippen LogP contribution in [0.3, 0.4) is 0 Å². The zero-order chi connectivity index (χ0) is 21.9. The van der Waals surface area contributed by atoms with Crippen molar-refractivity contribution >= 4 is 45.8 Å². The van der Waals surface area contributed by atoms with Gasteiger partial charge < -0.3 is 15.0 Å². The maximum Gasteiger partial charge on any atom is 0.254 e. The monoisotopic (exact) mass is 454 g/mol. The minimum absolute atomic E-state index is 0.0292. The number of hydrogen-bond acceptors (Lipinski definition) is 7. The van der Waals surface area contributed by atoms with Gasteiger partial charge in [0.1, 0.15) is 6.54 Å². The first kappa shape index (κ1) is 23.7. The summed E-state index contributed by atoms with van der Waals surface area (Å²) < 4.78 is 5.04. The van der Waals surface area contributed by atoms with Gasteiger partial charge in [-0.1, -0.05) is 11.6 Å². The Morgan fingerprint density at radius 2 is 1.93 bits per heavy atom. The molecule has 9 nitrogen and oxygen atoms in total. The first-order valence-electron chi connectivity index (χ1n) is 9.11. The molecule has 2 rings (SSSR count). The number of carbonyl (C=O) groups excluding carboxylic acids is 3. The van der Waals surface area contributed by atoms with Gasteiger partial charge in [-0.3, -0.25) is 19.2 Å². The molecule has 1 heterocycles. The largest absolute Gasteiger partial charge is 0.383 e. The van der Waals surface area contributed by atoms with E-state index in [1.807, 2.05) is 0 Å². The van der Waals surface area contributed by atoms with Gasteiger partial charge in [-0.05, 0) is 31.2 Å². The fourth-order valence-corrected chi connectivity index (χ4v) is 3.21. The van der Waals surface area contributed by atoms with Crippen LogP contribution in [-0.4, -0.2) is 61.0 Å². The predicted octanol–water partition coefficient (Wildman–Crippen LogP) is 2.13. The fourth-order valence-electron chi connectivity index (χ4n) is 2.36. The molecule has 1 aromatic carbocycles. The number of ether oxygens (including phenoxy) is 1. The molecular formula is C19H23ClN4O5S. The molecule has 162 valence electrons. The van der Waals surface area contributed by atoms with Crippen molar-refractivity contribution in [2.45, 2.75) is 13.3 Å². The average Bonchev–Trinajstić information content (AvgIpc) is 3.16. The van der Waals surface area contributed by atoms with Crippen LogP contribution in [0.4, 0.5) is 5.13 Å². The van der Waals surface area contributed by atoms with E-state index in [-0.39, 0.29) is 37.9 Å². The number of anilines is 1. The van der Waals surface area contributed by atoms with E-state index in [0.29, 0.717) is 28.0 Å². The Morgan fingerprint density at radius 1 is 1.20 bits per heavy atom. The summed E-state index contributed by atoms with van der Waals surface area (Å²) in [5, 5.41) is 5.17. The Hall–Kier alpha value is -2.53. The highest BCUT2D eigenvalue weighted by Crippen LogP contribution is 2.16. The van der Waals surface area contributed by atoms with E-state index in [4.69, 9.17) is 21.2 Å². The molecule has 11 heteroatoms. The molecule has 0 aliphatic carbocycles. The van der Waals surface area contributed by atoms with E-state index in [0.717, 1.165) is 0 Å². The Balaban J connectivity index is 1.96. The molecule has 0 aliphatic heterocycles. The van der Waals surface area contributed by atoms with Gasteiger partial charge in [0.05, 0.1) is 25.3 Å². The maximum absolute atomic E-state index is 12.7. The second-order valence-electron chi connectivity index (χ2n) is 6.05. The van der Waals surface area contributed by atoms with Gasteiger partial charge in [0, 0.05) is 29.6 Å². The van der Waals surface area contributed by atoms with Crippen molar-refractivity contribution in [3.05, 3.63) is 45.9 Å². The molecule has 0 aliphatic rings. The lowest BCUT2D eigenvalue weighted by Crippen LogP contribution is -2.40. The van der Waals surface area contributed by atoms with Crippen LogP contribution >= 0.6 is 22.9 Å². The lowest BCUT2D eigenvalue weighted by atomic mass is 10.2. The number of aromatic nitrogens is 1. The second-order valence-corrected chi connectivity index (χ2v) is 7.35. The lowest BCUT2D eigenvalue weighted by molar-refractivity contribution is -0.132. The highest BCUT2D eigenvalue weighted by molar-refractivity contribution is 7.13. The summed E-state index contributed by atoms with van der Waals surface area (Å²) in [4.78, 5) is 47.3. The first-order chi connectivity index (χ1) is 14.4. The highest BCUT2D eigenvalue weighted by atomic mass is 35.5. The van der Waals surface area contributed by atoms with Crippen LogP contribution in [0, 0.1) is 0 Å². The molecule has 0 bridgehead atoms. The zero-order valence-electron chi connectivity index (χ0n) is 16.6. The summed E-state index contributed by atoms with van der Waals surface area (Å²) in [7, 11) is 1.52. The van der Waals surface area contributed by atoms with Crippen LogP contribution in [0.5, 0.6) is 0 Å². The molecule has 0 saturated heterocycles. The standard InChI is InChI=1S/C19H23ClN4O5S/c1-3-29-23-16(25)10-15-12-30-19(21-15)22-17(26)11-24(8-9-28-2)18(27)13-4-6-14(20)7-5-13/h4-7,12H,3,8-11H2,1-2H3,(H,23,25)(H,21,22,26). The molecule has 2 aromatic rings. The maximum atomic E-state index is 12.7. The van der Waals surface area contributed by atoms with Crippen LogP contribution in [0.2, 0.25) is 5.02 Å². The molecule has 0 radical (unpaired) electrons. The second kappa shape index (κ2) is 12.2. The topological polar surface area (TPSA) is 110 Å². The number of methoxy groups -OCH3 is 1. The number of rotatable bonds is 11. The number of amides is 3. The van der Waals surface area contributed by atoms with E-state index in [9.17, 15) is 14.4 Å². The molecule has 0 unspecified atom stereocenters. The van der Waals surface area contributed by atoms with E-state index in [1.165, 1.54) is 23.3 Å². The van der Waals surface area contributed by atoms with Crippen LogP contribution in [-0.2, 0) is 25.6 Å². The summed E-state index contributed by atoms with van der Waals surface area (Å²) in [5.41, 5.74) is 3.20. The summed E-state index contributed by atoms with van der Waals surface area (Å²) in [6.07, 6.45) is 0.0292. The Labute approximate surface area is 183 Å². The van der Waals surface area contributed by atoms with Crippen molar-refractivity contribution in [2.24, 2.45) is 0 Å². The Morgan fingerprint density at radius 3 is 2.60 bits per heavy atom. The number of halogens is 1. The summed E-state index contributed by atoms with van der Waals surface area (Å²) >= 11 is 7.05. The van der Waals surface area contributed by atoms with Crippen molar-refractivity contribution in [2.75, 3.05) is 38.7 Å². The number of hydrogen-bond donors (Lipinski definition) is 2. The van der Waals surface area contributed by atoms with Crippen molar-refractivity contribution in [1.29, 1.82) is 0 Å². The smallest absolute Gasteiger partial charge is 0.254 e. The molecule has 0 atom stereocenters. The van der Waals surface area contributed by atoms with Crippen LogP contribution < -0.4 is 10.8 Å². The third kappa shape index (κ3) is 7.71. The Bertz CT molecular complexity index is 859. The van der Waals surface area contributed by atoms with Crippen molar-refractivity contribution in [1.82, 2.24) is 15.4 Å². The van der Waals surface area contributed by atoms with Gasteiger partial charge in [-0.2, -0.15) is 0 Å². The number of nitrogens with zero attached hydrogens (tertiary/aromatic N) is 2. The lowest BCUT2D eigenvalue weighted by Gasteiger charge is -2.21. The van der Waals surface area contributed by atoms with Gasteiger partial charge in [0.2, 0.25) is 11.8 Å². The quantitative estimate of drug-likeness (QED) is 0.503. The number of nitrogens with one attached hydrogen (secondary N) is 2. The normalized spacial score (nSPS) is 10.5. The number of benzene rings is 1. The first-order valence-corrected chi connectivity index (χ1v) is 10.4. The zero-order valence-corrected chi connectivity index (χ0v) is 18.2. The molecule has 3 amide bonds. The van der Waals surface area contributed by atoms with E-state index in [2.05, 4.69) is 15.8 Å². The molecule has 0 fully saturated rings. The number of hydroxylamine groups is 1. The van der Waals surface area contributed by atoms with Gasteiger partial charge in [-0.15, -0.1) is 11.3 Å². The van der Waals surface area contributed by atoms with Gasteiger partial charge >= 0.3 is 0 Å². The summed E-state index contributed by atoms with van der Waals surface area (Å²) in [6.45, 7) is 2.46. The summed E-state index contributed by atoms with van der Waals surface area (Å²) in [6, 6.07) is 6.43. The third-order valence-electron chi connectivity index (χ3n) is 3.75. The molecule has 1 aromatic heterocycles. The van der Waals surface area contributed by atoms with E-state index >= 15 is 0 Å².